The van der Waals surface area contributed by atoms with Gasteiger partial charge in [0.05, 0.1) is 5.56 Å². The molecule has 1 aromatic rings. The Morgan fingerprint density at radius 3 is 2.58 bits per heavy atom. The minimum Gasteiger partial charge on any atom is -0.311 e. The molecule has 3 rings (SSSR count). The summed E-state index contributed by atoms with van der Waals surface area (Å²) < 4.78 is 38.9. The molecular weight excluding hydrogens is 251 g/mol. The molecule has 1 nitrogen and oxygen atoms in total. The van der Waals surface area contributed by atoms with Crippen LogP contribution in [0.2, 0.25) is 0 Å². The van der Waals surface area contributed by atoms with Gasteiger partial charge in [0.15, 0.2) is 0 Å². The molecule has 1 N–H and O–H groups in total. The molecule has 2 heterocycles. The highest BCUT2D eigenvalue weighted by Gasteiger charge is 2.37. The van der Waals surface area contributed by atoms with E-state index < -0.39 is 11.7 Å². The van der Waals surface area contributed by atoms with E-state index in [2.05, 4.69) is 5.32 Å². The van der Waals surface area contributed by atoms with Gasteiger partial charge in [-0.05, 0) is 49.7 Å². The first-order chi connectivity index (χ1) is 9.04. The molecule has 4 heteroatoms. The second kappa shape index (κ2) is 4.82. The molecule has 1 aromatic carbocycles. The standard InChI is InChI=1S/C15H18F3N/c16-15(17,18)13-4-2-1-3-10(13)9-11-5-6-12-7-8-14(11)19-12/h1-4,11-12,14,19H,5-9H2. The lowest BCUT2D eigenvalue weighted by Gasteiger charge is -2.31. The van der Waals surface area contributed by atoms with Crippen LogP contribution in [0.4, 0.5) is 13.2 Å². The maximum Gasteiger partial charge on any atom is 0.416 e. The number of hydrogen-bond donors (Lipinski definition) is 1. The third-order valence-corrected chi connectivity index (χ3v) is 4.54. The van der Waals surface area contributed by atoms with Crippen molar-refractivity contribution in [2.75, 3.05) is 0 Å². The van der Waals surface area contributed by atoms with Crippen molar-refractivity contribution < 1.29 is 13.2 Å². The lowest BCUT2D eigenvalue weighted by molar-refractivity contribution is -0.138. The minimum absolute atomic E-state index is 0.349. The van der Waals surface area contributed by atoms with Crippen LogP contribution in [0.1, 0.15) is 36.8 Å². The van der Waals surface area contributed by atoms with Crippen molar-refractivity contribution in [3.05, 3.63) is 35.4 Å². The van der Waals surface area contributed by atoms with Crippen molar-refractivity contribution in [2.45, 2.75) is 50.4 Å². The third-order valence-electron chi connectivity index (χ3n) is 4.54. The zero-order chi connectivity index (χ0) is 13.5. The summed E-state index contributed by atoms with van der Waals surface area (Å²) in [4.78, 5) is 0. The van der Waals surface area contributed by atoms with E-state index in [1.807, 2.05) is 0 Å². The summed E-state index contributed by atoms with van der Waals surface area (Å²) in [5.41, 5.74) is -0.0118. The van der Waals surface area contributed by atoms with Crippen LogP contribution < -0.4 is 5.32 Å². The summed E-state index contributed by atoms with van der Waals surface area (Å²) in [6, 6.07) is 7.03. The Morgan fingerprint density at radius 2 is 1.79 bits per heavy atom. The van der Waals surface area contributed by atoms with Crippen molar-refractivity contribution in [1.29, 1.82) is 0 Å². The maximum absolute atomic E-state index is 13.0. The van der Waals surface area contributed by atoms with Crippen molar-refractivity contribution in [1.82, 2.24) is 5.32 Å². The topological polar surface area (TPSA) is 12.0 Å². The molecule has 3 unspecified atom stereocenters. The van der Waals surface area contributed by atoms with E-state index in [1.54, 1.807) is 12.1 Å². The van der Waals surface area contributed by atoms with Crippen LogP contribution in [0, 0.1) is 5.92 Å². The molecule has 2 aliphatic rings. The Labute approximate surface area is 111 Å². The Morgan fingerprint density at radius 1 is 1.05 bits per heavy atom. The first kappa shape index (κ1) is 13.0. The van der Waals surface area contributed by atoms with Crippen LogP contribution >= 0.6 is 0 Å². The monoisotopic (exact) mass is 269 g/mol. The Kier molecular flexibility index (Phi) is 3.29. The molecule has 0 spiro atoms. The fourth-order valence-electron chi connectivity index (χ4n) is 3.57. The molecule has 3 atom stereocenters. The minimum atomic E-state index is -4.24. The fourth-order valence-corrected chi connectivity index (χ4v) is 3.57. The highest BCUT2D eigenvalue weighted by atomic mass is 19.4. The first-order valence-electron chi connectivity index (χ1n) is 6.95. The molecule has 2 bridgehead atoms. The molecular formula is C15H18F3N. The smallest absolute Gasteiger partial charge is 0.311 e. The molecule has 2 saturated heterocycles. The average molecular weight is 269 g/mol. The second-order valence-corrected chi connectivity index (χ2v) is 5.74. The predicted molar refractivity (Wildman–Crippen MR) is 67.8 cm³/mol. The Bertz CT molecular complexity index is 455. The molecule has 0 amide bonds. The summed E-state index contributed by atoms with van der Waals surface area (Å²) in [5, 5.41) is 3.54. The van der Waals surface area contributed by atoms with E-state index in [4.69, 9.17) is 0 Å². The Hall–Kier alpha value is -1.03. The van der Waals surface area contributed by atoms with Crippen molar-refractivity contribution in [3.8, 4) is 0 Å². The van der Waals surface area contributed by atoms with Crippen LogP contribution in [-0.4, -0.2) is 12.1 Å². The van der Waals surface area contributed by atoms with E-state index >= 15 is 0 Å². The van der Waals surface area contributed by atoms with Gasteiger partial charge in [-0.2, -0.15) is 13.2 Å². The number of hydrogen-bond acceptors (Lipinski definition) is 1. The highest BCUT2D eigenvalue weighted by Crippen LogP contribution is 2.37. The van der Waals surface area contributed by atoms with E-state index in [9.17, 15) is 13.2 Å². The summed E-state index contributed by atoms with van der Waals surface area (Å²) in [5.74, 6) is 0.349. The fraction of sp³-hybridized carbons (Fsp3) is 0.600. The molecule has 0 radical (unpaired) electrons. The zero-order valence-electron chi connectivity index (χ0n) is 10.7. The number of halogens is 3. The average Bonchev–Trinajstić information content (AvgIpc) is 2.75. The van der Waals surface area contributed by atoms with E-state index in [0.717, 1.165) is 19.3 Å². The number of alkyl halides is 3. The van der Waals surface area contributed by atoms with E-state index in [-0.39, 0.29) is 0 Å². The van der Waals surface area contributed by atoms with E-state index in [1.165, 1.54) is 18.6 Å². The molecule has 2 aliphatic heterocycles. The predicted octanol–water partition coefficient (Wildman–Crippen LogP) is 3.78. The lowest BCUT2D eigenvalue weighted by atomic mass is 9.85. The van der Waals surface area contributed by atoms with Gasteiger partial charge in [-0.1, -0.05) is 18.2 Å². The third kappa shape index (κ3) is 2.64. The van der Waals surface area contributed by atoms with Gasteiger partial charge in [0.25, 0.3) is 0 Å². The Balaban J connectivity index is 1.80. The van der Waals surface area contributed by atoms with Crippen LogP contribution in [0.5, 0.6) is 0 Å². The molecule has 0 aliphatic carbocycles. The summed E-state index contributed by atoms with van der Waals surface area (Å²) in [7, 11) is 0. The van der Waals surface area contributed by atoms with Crippen molar-refractivity contribution >= 4 is 0 Å². The zero-order valence-corrected chi connectivity index (χ0v) is 10.7. The second-order valence-electron chi connectivity index (χ2n) is 5.74. The van der Waals surface area contributed by atoms with Crippen LogP contribution in [-0.2, 0) is 12.6 Å². The number of piperidine rings is 1. The van der Waals surface area contributed by atoms with Gasteiger partial charge in [-0.25, -0.2) is 0 Å². The van der Waals surface area contributed by atoms with Gasteiger partial charge < -0.3 is 5.32 Å². The molecule has 104 valence electrons. The highest BCUT2D eigenvalue weighted by molar-refractivity contribution is 5.30. The van der Waals surface area contributed by atoms with Gasteiger partial charge in [0.1, 0.15) is 0 Å². The first-order valence-corrected chi connectivity index (χ1v) is 6.95. The number of rotatable bonds is 2. The van der Waals surface area contributed by atoms with Gasteiger partial charge in [0, 0.05) is 12.1 Å². The summed E-state index contributed by atoms with van der Waals surface area (Å²) in [6.07, 6.45) is 0.756. The van der Waals surface area contributed by atoms with Gasteiger partial charge >= 0.3 is 6.18 Å². The SMILES string of the molecule is FC(F)(F)c1ccccc1CC1CCC2CCC1N2. The van der Waals surface area contributed by atoms with Gasteiger partial charge in [-0.15, -0.1) is 0 Å². The van der Waals surface area contributed by atoms with Crippen molar-refractivity contribution in [3.63, 3.8) is 0 Å². The quantitative estimate of drug-likeness (QED) is 0.861. The van der Waals surface area contributed by atoms with Crippen LogP contribution in [0.3, 0.4) is 0 Å². The normalized spacial score (nSPS) is 30.6. The van der Waals surface area contributed by atoms with Crippen LogP contribution in [0.25, 0.3) is 0 Å². The number of fused-ring (bicyclic) bond motifs is 2. The van der Waals surface area contributed by atoms with Crippen LogP contribution in [0.15, 0.2) is 24.3 Å². The molecule has 2 fully saturated rings. The lowest BCUT2D eigenvalue weighted by Crippen LogP contribution is -2.41. The van der Waals surface area contributed by atoms with Gasteiger partial charge in [-0.3, -0.25) is 0 Å². The maximum atomic E-state index is 13.0. The number of nitrogens with one attached hydrogen (secondary N) is 1. The number of benzene rings is 1. The summed E-state index contributed by atoms with van der Waals surface area (Å²) in [6.45, 7) is 0. The summed E-state index contributed by atoms with van der Waals surface area (Å²) >= 11 is 0. The van der Waals surface area contributed by atoms with Crippen molar-refractivity contribution in [2.24, 2.45) is 5.92 Å². The molecule has 0 saturated carbocycles. The largest absolute Gasteiger partial charge is 0.416 e. The molecule has 19 heavy (non-hydrogen) atoms. The van der Waals surface area contributed by atoms with E-state index in [0.29, 0.717) is 30.0 Å². The van der Waals surface area contributed by atoms with Gasteiger partial charge in [0.2, 0.25) is 0 Å². The molecule has 0 aromatic heterocycles.